The number of rotatable bonds is 7. The van der Waals surface area contributed by atoms with E-state index in [2.05, 4.69) is 82.4 Å². The van der Waals surface area contributed by atoms with Gasteiger partial charge in [-0.15, -0.1) is 0 Å². The van der Waals surface area contributed by atoms with Gasteiger partial charge in [0.25, 0.3) is 0 Å². The number of hydrogen-bond donors (Lipinski definition) is 0. The quantitative estimate of drug-likeness (QED) is 0.345. The molecule has 2 unspecified atom stereocenters. The van der Waals surface area contributed by atoms with E-state index < -0.39 is 8.32 Å². The number of hydrogen-bond acceptors (Lipinski definition) is 4. The molecule has 1 aliphatic carbocycles. The molecular formula is C32H43NO4Si. The smallest absolute Gasteiger partial charge is 0.410 e. The van der Waals surface area contributed by atoms with E-state index in [9.17, 15) is 9.59 Å². The summed E-state index contributed by atoms with van der Waals surface area (Å²) in [6.45, 7) is 12.0. The lowest BCUT2D eigenvalue weighted by atomic mass is 9.76. The Labute approximate surface area is 229 Å². The van der Waals surface area contributed by atoms with Crippen LogP contribution in [0.4, 0.5) is 4.79 Å². The van der Waals surface area contributed by atoms with Gasteiger partial charge in [0, 0.05) is 36.9 Å². The predicted molar refractivity (Wildman–Crippen MR) is 154 cm³/mol. The van der Waals surface area contributed by atoms with E-state index in [1.807, 2.05) is 4.90 Å². The number of nitrogens with zero attached hydrogens (tertiary/aromatic N) is 1. The summed E-state index contributed by atoms with van der Waals surface area (Å²) in [5.41, 5.74) is 4.92. The molecule has 0 saturated carbocycles. The van der Waals surface area contributed by atoms with Crippen molar-refractivity contribution < 1.29 is 18.8 Å². The van der Waals surface area contributed by atoms with Gasteiger partial charge in [0.2, 0.25) is 0 Å². The maximum Gasteiger partial charge on any atom is 0.410 e. The third-order valence-corrected chi connectivity index (χ3v) is 14.1. The van der Waals surface area contributed by atoms with Gasteiger partial charge in [-0.05, 0) is 72.5 Å². The number of carbonyl (C=O) groups is 2. The van der Waals surface area contributed by atoms with Crippen LogP contribution in [-0.2, 0) is 14.0 Å². The molecule has 6 heteroatoms. The lowest BCUT2D eigenvalue weighted by Gasteiger charge is -2.47. The van der Waals surface area contributed by atoms with Crippen molar-refractivity contribution in [2.45, 2.75) is 95.4 Å². The molecule has 38 heavy (non-hydrogen) atoms. The molecule has 2 aromatic carbocycles. The van der Waals surface area contributed by atoms with Crippen molar-refractivity contribution in [3.8, 4) is 11.1 Å². The Morgan fingerprint density at radius 3 is 2.03 bits per heavy atom. The zero-order valence-corrected chi connectivity index (χ0v) is 24.7. The average molecular weight is 534 g/mol. The Hall–Kier alpha value is -2.44. The van der Waals surface area contributed by atoms with E-state index in [-0.39, 0.29) is 35.1 Å². The number of fused-ring (bicyclic) bond motifs is 5. The summed E-state index contributed by atoms with van der Waals surface area (Å²) in [5.74, 6) is 0.380. The molecule has 1 amide bonds. The van der Waals surface area contributed by atoms with Gasteiger partial charge in [-0.1, -0.05) is 69.3 Å². The first-order valence-electron chi connectivity index (χ1n) is 14.4. The van der Waals surface area contributed by atoms with Crippen LogP contribution in [0.15, 0.2) is 48.5 Å². The first-order valence-corrected chi connectivity index (χ1v) is 17.3. The molecule has 5 rings (SSSR count). The van der Waals surface area contributed by atoms with Crippen LogP contribution in [0.5, 0.6) is 0 Å². The summed E-state index contributed by atoms with van der Waals surface area (Å²) in [5, 5.41) is 0.140. The molecule has 5 nitrogen and oxygen atoms in total. The maximum atomic E-state index is 13.4. The molecule has 2 aliphatic heterocycles. The second-order valence-corrected chi connectivity index (χ2v) is 17.8. The number of amides is 1. The van der Waals surface area contributed by atoms with Gasteiger partial charge in [0.15, 0.2) is 8.32 Å². The largest absolute Gasteiger partial charge is 0.448 e. The molecule has 204 valence electrons. The number of carbonyl (C=O) groups excluding carboxylic acids is 2. The number of Topliss-reactive ketones (excluding diaryl/α,β-unsaturated/α-hetero) is 1. The summed E-state index contributed by atoms with van der Waals surface area (Å²) in [4.78, 5) is 28.6. The highest BCUT2D eigenvalue weighted by atomic mass is 28.4. The number of ketones is 1. The van der Waals surface area contributed by atoms with Crippen molar-refractivity contribution in [3.63, 3.8) is 0 Å². The Morgan fingerprint density at radius 1 is 0.921 bits per heavy atom. The van der Waals surface area contributed by atoms with Crippen LogP contribution in [0.25, 0.3) is 11.1 Å². The Bertz CT molecular complexity index is 1130. The topological polar surface area (TPSA) is 55.8 Å². The highest BCUT2D eigenvalue weighted by Gasteiger charge is 2.44. The summed E-state index contributed by atoms with van der Waals surface area (Å²) < 4.78 is 12.3. The summed E-state index contributed by atoms with van der Waals surface area (Å²) in [7, 11) is -1.86. The molecule has 2 heterocycles. The van der Waals surface area contributed by atoms with Crippen molar-refractivity contribution in [1.82, 2.24) is 4.90 Å². The van der Waals surface area contributed by atoms with Crippen molar-refractivity contribution in [2.24, 2.45) is 5.92 Å². The second kappa shape index (κ2) is 10.6. The van der Waals surface area contributed by atoms with E-state index in [1.165, 1.54) is 22.3 Å². The van der Waals surface area contributed by atoms with Crippen LogP contribution in [0.2, 0.25) is 18.1 Å². The van der Waals surface area contributed by atoms with Gasteiger partial charge < -0.3 is 14.1 Å². The Kier molecular flexibility index (Phi) is 7.58. The first kappa shape index (κ1) is 27.1. The monoisotopic (exact) mass is 533 g/mol. The molecule has 2 bridgehead atoms. The lowest BCUT2D eigenvalue weighted by molar-refractivity contribution is -0.127. The van der Waals surface area contributed by atoms with Gasteiger partial charge >= 0.3 is 6.09 Å². The van der Waals surface area contributed by atoms with Crippen LogP contribution in [0, 0.1) is 5.92 Å². The molecule has 2 saturated heterocycles. The first-order chi connectivity index (χ1) is 18.1. The van der Waals surface area contributed by atoms with Crippen LogP contribution >= 0.6 is 0 Å². The minimum Gasteiger partial charge on any atom is -0.448 e. The van der Waals surface area contributed by atoms with E-state index in [1.54, 1.807) is 0 Å². The maximum absolute atomic E-state index is 13.4. The summed E-state index contributed by atoms with van der Waals surface area (Å²) in [6.07, 6.45) is 4.77. The Morgan fingerprint density at radius 2 is 1.47 bits per heavy atom. The van der Waals surface area contributed by atoms with Gasteiger partial charge in [-0.3, -0.25) is 4.79 Å². The highest BCUT2D eigenvalue weighted by molar-refractivity contribution is 6.74. The van der Waals surface area contributed by atoms with Gasteiger partial charge in [-0.25, -0.2) is 4.79 Å². The van der Waals surface area contributed by atoms with E-state index >= 15 is 0 Å². The highest BCUT2D eigenvalue weighted by Crippen LogP contribution is 2.45. The van der Waals surface area contributed by atoms with E-state index in [0.29, 0.717) is 25.4 Å². The molecule has 3 aliphatic rings. The fourth-order valence-corrected chi connectivity index (χ4v) is 7.48. The fourth-order valence-electron chi connectivity index (χ4n) is 6.44. The lowest BCUT2D eigenvalue weighted by Crippen LogP contribution is -2.56. The summed E-state index contributed by atoms with van der Waals surface area (Å²) in [6, 6.07) is 17.0. The predicted octanol–water partition coefficient (Wildman–Crippen LogP) is 7.55. The third-order valence-electron chi connectivity index (χ3n) is 9.59. The van der Waals surface area contributed by atoms with Gasteiger partial charge in [0.05, 0.1) is 0 Å². The minimum atomic E-state index is -1.86. The fraction of sp³-hybridized carbons (Fsp3) is 0.562. The van der Waals surface area contributed by atoms with Crippen molar-refractivity contribution in [2.75, 3.05) is 13.2 Å². The number of benzene rings is 2. The standard InChI is InChI=1S/C32H43NO4Si/c1-32(2,3)38(4,5)37-18-17-30(34)22-19-23-11-10-12-24(20-22)33(23)31(35)36-21-29-27-15-8-6-13-25(27)26-14-7-9-16-28(26)29/h6-9,13-16,22-24,29H,10-12,17-21H2,1-5H3. The van der Waals surface area contributed by atoms with Crippen LogP contribution in [0.3, 0.4) is 0 Å². The molecule has 0 aromatic heterocycles. The third kappa shape index (κ3) is 5.22. The normalized spacial score (nSPS) is 23.1. The van der Waals surface area contributed by atoms with E-state index in [4.69, 9.17) is 9.16 Å². The van der Waals surface area contributed by atoms with Crippen LogP contribution < -0.4 is 0 Å². The molecule has 0 spiro atoms. The zero-order chi connectivity index (χ0) is 27.1. The zero-order valence-electron chi connectivity index (χ0n) is 23.7. The van der Waals surface area contributed by atoms with Crippen molar-refractivity contribution in [3.05, 3.63) is 59.7 Å². The van der Waals surface area contributed by atoms with Gasteiger partial charge in [-0.2, -0.15) is 0 Å². The Balaban J connectivity index is 1.19. The molecule has 2 atom stereocenters. The SMILES string of the molecule is CC(C)(C)[Si](C)(C)OCCC(=O)C1CC2CCCC(C1)N2C(=O)OCC1c2ccccc2-c2ccccc21. The molecule has 2 fully saturated rings. The molecule has 0 N–H and O–H groups in total. The molecule has 0 radical (unpaired) electrons. The second-order valence-electron chi connectivity index (χ2n) is 12.9. The molecule has 2 aromatic rings. The van der Waals surface area contributed by atoms with Crippen molar-refractivity contribution >= 4 is 20.2 Å². The summed E-state index contributed by atoms with van der Waals surface area (Å²) >= 11 is 0. The molecular weight excluding hydrogens is 490 g/mol. The number of ether oxygens (including phenoxy) is 1. The van der Waals surface area contributed by atoms with Crippen LogP contribution in [0.1, 0.15) is 76.3 Å². The van der Waals surface area contributed by atoms with Gasteiger partial charge in [0.1, 0.15) is 12.4 Å². The minimum absolute atomic E-state index is 0.0194. The van der Waals surface area contributed by atoms with Crippen molar-refractivity contribution in [1.29, 1.82) is 0 Å². The van der Waals surface area contributed by atoms with Crippen LogP contribution in [-0.4, -0.2) is 50.4 Å². The number of piperidine rings is 2. The average Bonchev–Trinajstić information content (AvgIpc) is 3.19. The van der Waals surface area contributed by atoms with E-state index in [0.717, 1.165) is 32.1 Å².